The third-order valence-corrected chi connectivity index (χ3v) is 4.68. The molecule has 3 aliphatic carbocycles. The van der Waals surface area contributed by atoms with Crippen molar-refractivity contribution in [3.8, 4) is 0 Å². The maximum absolute atomic E-state index is 9.04. The molecule has 16 heavy (non-hydrogen) atoms. The Morgan fingerprint density at radius 1 is 1.06 bits per heavy atom. The summed E-state index contributed by atoms with van der Waals surface area (Å²) in [4.78, 5) is 0. The standard InChI is InChI=1S/C13H13BO2/c15-14(16)9-3-1-7(2-4-9)12-10-5-8-6-11(12)13(8)10/h1-5,10-13,15-16H,6H2/t10-,11?,12?,13-/m1/s1. The molecular formula is C13H13BO2. The summed E-state index contributed by atoms with van der Waals surface area (Å²) in [6.45, 7) is 0. The average Bonchev–Trinajstić information content (AvgIpc) is 2.28. The van der Waals surface area contributed by atoms with Gasteiger partial charge in [0.2, 0.25) is 0 Å². The zero-order valence-electron chi connectivity index (χ0n) is 8.88. The second-order valence-electron chi connectivity index (χ2n) is 5.28. The first-order chi connectivity index (χ1) is 7.75. The molecule has 2 unspecified atom stereocenters. The van der Waals surface area contributed by atoms with E-state index in [1.54, 1.807) is 5.57 Å². The lowest BCUT2D eigenvalue weighted by molar-refractivity contribution is -0.00598. The Bertz CT molecular complexity index is 477. The van der Waals surface area contributed by atoms with Crippen molar-refractivity contribution >= 4 is 12.6 Å². The average molecular weight is 212 g/mol. The summed E-state index contributed by atoms with van der Waals surface area (Å²) >= 11 is 0. The van der Waals surface area contributed by atoms with Gasteiger partial charge in [0.25, 0.3) is 0 Å². The molecule has 3 heteroatoms. The highest BCUT2D eigenvalue weighted by Gasteiger charge is 2.62. The van der Waals surface area contributed by atoms with Crippen LogP contribution in [0.4, 0.5) is 0 Å². The molecule has 0 amide bonds. The van der Waals surface area contributed by atoms with Crippen LogP contribution in [0.5, 0.6) is 0 Å². The van der Waals surface area contributed by atoms with Gasteiger partial charge < -0.3 is 10.0 Å². The summed E-state index contributed by atoms with van der Waals surface area (Å²) in [6.07, 6.45) is 3.74. The van der Waals surface area contributed by atoms with E-state index in [1.807, 2.05) is 12.1 Å². The van der Waals surface area contributed by atoms with E-state index in [0.29, 0.717) is 11.4 Å². The Balaban J connectivity index is 1.62. The fourth-order valence-corrected chi connectivity index (χ4v) is 3.77. The van der Waals surface area contributed by atoms with Gasteiger partial charge in [-0.3, -0.25) is 0 Å². The Kier molecular flexibility index (Phi) is 1.57. The molecule has 0 heterocycles. The van der Waals surface area contributed by atoms with Gasteiger partial charge in [0.05, 0.1) is 0 Å². The van der Waals surface area contributed by atoms with Gasteiger partial charge in [-0.05, 0) is 41.1 Å². The number of hydrogen-bond acceptors (Lipinski definition) is 2. The smallest absolute Gasteiger partial charge is 0.423 e. The van der Waals surface area contributed by atoms with E-state index in [9.17, 15) is 0 Å². The van der Waals surface area contributed by atoms with Gasteiger partial charge >= 0.3 is 7.12 Å². The Morgan fingerprint density at radius 3 is 2.25 bits per heavy atom. The van der Waals surface area contributed by atoms with E-state index < -0.39 is 7.12 Å². The van der Waals surface area contributed by atoms with E-state index in [2.05, 4.69) is 18.2 Å². The maximum atomic E-state index is 9.04. The molecule has 0 aromatic heterocycles. The molecule has 0 spiro atoms. The van der Waals surface area contributed by atoms with Crippen LogP contribution in [-0.4, -0.2) is 17.2 Å². The van der Waals surface area contributed by atoms with Crippen molar-refractivity contribution < 1.29 is 10.0 Å². The van der Waals surface area contributed by atoms with Crippen LogP contribution >= 0.6 is 0 Å². The predicted molar refractivity (Wildman–Crippen MR) is 62.2 cm³/mol. The summed E-state index contributed by atoms with van der Waals surface area (Å²) in [6, 6.07) is 7.77. The van der Waals surface area contributed by atoms with Gasteiger partial charge in [-0.15, -0.1) is 0 Å². The molecule has 2 fully saturated rings. The van der Waals surface area contributed by atoms with Gasteiger partial charge in [-0.2, -0.15) is 0 Å². The van der Waals surface area contributed by atoms with Crippen molar-refractivity contribution in [2.45, 2.75) is 12.3 Å². The molecular weight excluding hydrogens is 199 g/mol. The zero-order chi connectivity index (χ0) is 10.9. The Hall–Kier alpha value is -1.06. The third-order valence-electron chi connectivity index (χ3n) is 4.68. The van der Waals surface area contributed by atoms with Crippen molar-refractivity contribution in [1.82, 2.24) is 0 Å². The topological polar surface area (TPSA) is 40.5 Å². The number of hydrogen-bond donors (Lipinski definition) is 2. The number of allylic oxidation sites excluding steroid dienone is 2. The van der Waals surface area contributed by atoms with Crippen molar-refractivity contribution in [2.24, 2.45) is 17.8 Å². The van der Waals surface area contributed by atoms with E-state index in [-0.39, 0.29) is 0 Å². The largest absolute Gasteiger partial charge is 0.488 e. The molecule has 0 aliphatic heterocycles. The van der Waals surface area contributed by atoms with Crippen LogP contribution in [0.25, 0.3) is 0 Å². The predicted octanol–water partition coefficient (Wildman–Crippen LogP) is 0.656. The maximum Gasteiger partial charge on any atom is 0.488 e. The van der Waals surface area contributed by atoms with Gasteiger partial charge in [0.1, 0.15) is 0 Å². The van der Waals surface area contributed by atoms with Crippen LogP contribution in [0.15, 0.2) is 35.9 Å². The van der Waals surface area contributed by atoms with Crippen molar-refractivity contribution in [2.75, 3.05) is 0 Å². The molecule has 2 saturated carbocycles. The van der Waals surface area contributed by atoms with E-state index in [1.165, 1.54) is 12.0 Å². The summed E-state index contributed by atoms with van der Waals surface area (Å²) in [5.41, 5.74) is 3.64. The summed E-state index contributed by atoms with van der Waals surface area (Å²) < 4.78 is 0. The first-order valence-electron chi connectivity index (χ1n) is 5.92. The highest BCUT2D eigenvalue weighted by Crippen LogP contribution is 2.71. The second kappa shape index (κ2) is 2.79. The van der Waals surface area contributed by atoms with E-state index >= 15 is 0 Å². The molecule has 4 atom stereocenters. The minimum atomic E-state index is -1.35. The van der Waals surface area contributed by atoms with Crippen LogP contribution in [0.2, 0.25) is 0 Å². The van der Waals surface area contributed by atoms with Crippen molar-refractivity contribution in [3.63, 3.8) is 0 Å². The minimum absolute atomic E-state index is 0.582. The Labute approximate surface area is 94.8 Å². The van der Waals surface area contributed by atoms with Gasteiger partial charge in [-0.1, -0.05) is 35.9 Å². The van der Waals surface area contributed by atoms with Crippen LogP contribution in [0.3, 0.4) is 0 Å². The molecule has 0 bridgehead atoms. The third kappa shape index (κ3) is 0.914. The molecule has 1 aromatic rings. The lowest BCUT2D eigenvalue weighted by Crippen LogP contribution is -2.58. The van der Waals surface area contributed by atoms with Crippen molar-refractivity contribution in [3.05, 3.63) is 41.5 Å². The van der Waals surface area contributed by atoms with Gasteiger partial charge in [-0.25, -0.2) is 0 Å². The Morgan fingerprint density at radius 2 is 1.81 bits per heavy atom. The van der Waals surface area contributed by atoms with Gasteiger partial charge in [0.15, 0.2) is 0 Å². The zero-order valence-corrected chi connectivity index (χ0v) is 8.88. The monoisotopic (exact) mass is 212 g/mol. The molecule has 80 valence electrons. The number of rotatable bonds is 2. The first-order valence-corrected chi connectivity index (χ1v) is 5.92. The van der Waals surface area contributed by atoms with E-state index in [0.717, 1.165) is 17.8 Å². The molecule has 2 nitrogen and oxygen atoms in total. The highest BCUT2D eigenvalue weighted by atomic mass is 16.4. The SMILES string of the molecule is OB(O)c1ccc(C2C3CC4=C[C@H]2[C@@H]43)cc1. The number of benzene rings is 1. The summed E-state index contributed by atoms with van der Waals surface area (Å²) in [7, 11) is -1.35. The normalized spacial score (nSPS) is 37.5. The molecule has 4 rings (SSSR count). The molecule has 0 radical (unpaired) electrons. The first kappa shape index (κ1) is 9.02. The lowest BCUT2D eigenvalue weighted by atomic mass is 9.37. The molecule has 1 aromatic carbocycles. The van der Waals surface area contributed by atoms with Crippen molar-refractivity contribution in [1.29, 1.82) is 0 Å². The summed E-state index contributed by atoms with van der Waals surface area (Å²) in [5, 5.41) is 18.1. The highest BCUT2D eigenvalue weighted by molar-refractivity contribution is 6.58. The summed E-state index contributed by atoms with van der Waals surface area (Å²) in [5.74, 6) is 3.30. The van der Waals surface area contributed by atoms with E-state index in [4.69, 9.17) is 10.0 Å². The molecule has 0 saturated heterocycles. The molecule has 2 N–H and O–H groups in total. The minimum Gasteiger partial charge on any atom is -0.423 e. The quantitative estimate of drug-likeness (QED) is 0.558. The fraction of sp³-hybridized carbons (Fsp3) is 0.385. The van der Waals surface area contributed by atoms with Crippen LogP contribution < -0.4 is 5.46 Å². The fourth-order valence-electron chi connectivity index (χ4n) is 3.77. The van der Waals surface area contributed by atoms with Gasteiger partial charge in [0, 0.05) is 0 Å². The second-order valence-corrected chi connectivity index (χ2v) is 5.28. The van der Waals surface area contributed by atoms with Crippen LogP contribution in [-0.2, 0) is 0 Å². The lowest BCUT2D eigenvalue weighted by Gasteiger charge is -2.67. The van der Waals surface area contributed by atoms with Crippen LogP contribution in [0.1, 0.15) is 17.9 Å². The molecule has 3 aliphatic rings. The van der Waals surface area contributed by atoms with Crippen LogP contribution in [0, 0.1) is 17.8 Å².